The molecular weight excluding hydrogens is 278 g/mol. The molecule has 3 N–H and O–H groups in total. The van der Waals surface area contributed by atoms with Gasteiger partial charge in [0.1, 0.15) is 22.5 Å². The fourth-order valence-corrected chi connectivity index (χ4v) is 2.30. The average Bonchev–Trinajstić information content (AvgIpc) is 2.67. The van der Waals surface area contributed by atoms with Gasteiger partial charge in [-0.3, -0.25) is 4.79 Å². The minimum Gasteiger partial charge on any atom is -0.466 e. The van der Waals surface area contributed by atoms with Crippen LogP contribution in [0.15, 0.2) is 22.6 Å². The number of nitrogens with two attached hydrogens (primary N) is 1. The van der Waals surface area contributed by atoms with Crippen molar-refractivity contribution < 1.29 is 9.21 Å². The van der Waals surface area contributed by atoms with E-state index in [0.29, 0.717) is 5.56 Å². The summed E-state index contributed by atoms with van der Waals surface area (Å²) < 4.78 is 5.46. The van der Waals surface area contributed by atoms with E-state index >= 15 is 0 Å². The predicted molar refractivity (Wildman–Crippen MR) is 77.7 cm³/mol. The van der Waals surface area contributed by atoms with Gasteiger partial charge in [-0.05, 0) is 39.0 Å². The average molecular weight is 294 g/mol. The zero-order chi connectivity index (χ0) is 14.9. The molecule has 106 valence electrons. The minimum atomic E-state index is -0.258. The van der Waals surface area contributed by atoms with Crippen LogP contribution in [-0.4, -0.2) is 10.9 Å². The number of hydrogen-bond donors (Lipinski definition) is 2. The summed E-state index contributed by atoms with van der Waals surface area (Å²) in [5.74, 6) is 1.56. The maximum atomic E-state index is 12.2. The molecule has 1 amide bonds. The van der Waals surface area contributed by atoms with E-state index in [1.54, 1.807) is 0 Å². The highest BCUT2D eigenvalue weighted by atomic mass is 35.5. The van der Waals surface area contributed by atoms with Crippen molar-refractivity contribution in [2.75, 3.05) is 5.73 Å². The van der Waals surface area contributed by atoms with Crippen molar-refractivity contribution >= 4 is 23.3 Å². The van der Waals surface area contributed by atoms with Gasteiger partial charge in [0, 0.05) is 11.1 Å². The van der Waals surface area contributed by atoms with E-state index < -0.39 is 0 Å². The Kier molecular flexibility index (Phi) is 3.99. The largest absolute Gasteiger partial charge is 0.466 e. The summed E-state index contributed by atoms with van der Waals surface area (Å²) in [4.78, 5) is 16.0. The van der Waals surface area contributed by atoms with E-state index in [1.165, 1.54) is 12.1 Å². The fourth-order valence-electron chi connectivity index (χ4n) is 2.09. The Labute approximate surface area is 122 Å². The molecule has 0 aliphatic heterocycles. The van der Waals surface area contributed by atoms with Crippen LogP contribution in [0.3, 0.4) is 0 Å². The number of nitrogen functional groups attached to an aromatic ring is 1. The second-order valence-electron chi connectivity index (χ2n) is 4.67. The van der Waals surface area contributed by atoms with Crippen LogP contribution >= 0.6 is 11.6 Å². The third-order valence-corrected chi connectivity index (χ3v) is 3.16. The highest BCUT2D eigenvalue weighted by Gasteiger charge is 2.16. The Morgan fingerprint density at radius 2 is 2.10 bits per heavy atom. The standard InChI is InChI=1S/C14H16ClN3O2/c1-7-4-11(9(3)20-7)8(2)17-14(19)10-5-12(15)18-13(16)6-10/h4-6,8H,1-3H3,(H2,16,18)(H,17,19). The first-order valence-corrected chi connectivity index (χ1v) is 6.55. The van der Waals surface area contributed by atoms with Crippen molar-refractivity contribution in [1.29, 1.82) is 0 Å². The summed E-state index contributed by atoms with van der Waals surface area (Å²) in [6.45, 7) is 5.63. The first-order valence-electron chi connectivity index (χ1n) is 6.17. The molecule has 0 fully saturated rings. The smallest absolute Gasteiger partial charge is 0.251 e. The van der Waals surface area contributed by atoms with Crippen molar-refractivity contribution in [3.8, 4) is 0 Å². The van der Waals surface area contributed by atoms with Crippen LogP contribution < -0.4 is 11.1 Å². The van der Waals surface area contributed by atoms with Crippen molar-refractivity contribution in [3.05, 3.63) is 46.0 Å². The third kappa shape index (κ3) is 3.11. The number of halogens is 1. The molecule has 2 rings (SSSR count). The van der Waals surface area contributed by atoms with E-state index in [0.717, 1.165) is 17.1 Å². The second-order valence-corrected chi connectivity index (χ2v) is 5.05. The van der Waals surface area contributed by atoms with Crippen molar-refractivity contribution in [1.82, 2.24) is 10.3 Å². The van der Waals surface area contributed by atoms with Gasteiger partial charge in [0.05, 0.1) is 6.04 Å². The number of amides is 1. The number of nitrogens with zero attached hydrogens (tertiary/aromatic N) is 1. The third-order valence-electron chi connectivity index (χ3n) is 2.97. The van der Waals surface area contributed by atoms with Crippen LogP contribution in [0.25, 0.3) is 0 Å². The lowest BCUT2D eigenvalue weighted by Gasteiger charge is -2.13. The highest BCUT2D eigenvalue weighted by molar-refractivity contribution is 6.29. The molecule has 0 aliphatic carbocycles. The van der Waals surface area contributed by atoms with Gasteiger partial charge >= 0.3 is 0 Å². The Morgan fingerprint density at radius 1 is 1.40 bits per heavy atom. The number of nitrogens with one attached hydrogen (secondary N) is 1. The van der Waals surface area contributed by atoms with Crippen LogP contribution in [0.2, 0.25) is 5.15 Å². The number of pyridine rings is 1. The summed E-state index contributed by atoms with van der Waals surface area (Å²) in [7, 11) is 0. The first-order chi connectivity index (χ1) is 9.36. The van der Waals surface area contributed by atoms with Gasteiger partial charge in [0.15, 0.2) is 0 Å². The van der Waals surface area contributed by atoms with E-state index in [-0.39, 0.29) is 22.9 Å². The molecule has 1 unspecified atom stereocenters. The van der Waals surface area contributed by atoms with Crippen molar-refractivity contribution in [2.24, 2.45) is 0 Å². The lowest BCUT2D eigenvalue weighted by Crippen LogP contribution is -2.27. The molecule has 1 atom stereocenters. The summed E-state index contributed by atoms with van der Waals surface area (Å²) in [6.07, 6.45) is 0. The molecule has 0 aliphatic rings. The van der Waals surface area contributed by atoms with Crippen LogP contribution in [-0.2, 0) is 0 Å². The number of aryl methyl sites for hydroxylation is 2. The highest BCUT2D eigenvalue weighted by Crippen LogP contribution is 2.22. The molecule has 6 heteroatoms. The zero-order valence-electron chi connectivity index (χ0n) is 11.5. The molecule has 2 aromatic heterocycles. The SMILES string of the molecule is Cc1cc(C(C)NC(=O)c2cc(N)nc(Cl)c2)c(C)o1. The molecule has 0 saturated carbocycles. The Morgan fingerprint density at radius 3 is 2.65 bits per heavy atom. The summed E-state index contributed by atoms with van der Waals surface area (Å²) in [6, 6.07) is 4.70. The molecule has 0 bridgehead atoms. The van der Waals surface area contributed by atoms with E-state index in [4.69, 9.17) is 21.8 Å². The van der Waals surface area contributed by atoms with E-state index in [9.17, 15) is 4.79 Å². The van der Waals surface area contributed by atoms with Gasteiger partial charge in [0.2, 0.25) is 0 Å². The molecule has 0 radical (unpaired) electrons. The van der Waals surface area contributed by atoms with Gasteiger partial charge in [-0.25, -0.2) is 4.98 Å². The normalized spacial score (nSPS) is 12.2. The van der Waals surface area contributed by atoms with Crippen LogP contribution in [0.4, 0.5) is 5.82 Å². The van der Waals surface area contributed by atoms with Crippen LogP contribution in [0.5, 0.6) is 0 Å². The molecule has 0 saturated heterocycles. The minimum absolute atomic E-state index is 0.173. The summed E-state index contributed by atoms with van der Waals surface area (Å²) >= 11 is 5.79. The zero-order valence-corrected chi connectivity index (χ0v) is 12.3. The lowest BCUT2D eigenvalue weighted by molar-refractivity contribution is 0.0939. The van der Waals surface area contributed by atoms with E-state index in [2.05, 4.69) is 10.3 Å². The van der Waals surface area contributed by atoms with Crippen molar-refractivity contribution in [2.45, 2.75) is 26.8 Å². The van der Waals surface area contributed by atoms with Gasteiger partial charge in [0.25, 0.3) is 5.91 Å². The molecular formula is C14H16ClN3O2. The summed E-state index contributed by atoms with van der Waals surface area (Å²) in [5.41, 5.74) is 6.91. The monoisotopic (exact) mass is 293 g/mol. The van der Waals surface area contributed by atoms with E-state index in [1.807, 2.05) is 26.8 Å². The topological polar surface area (TPSA) is 81.2 Å². The molecule has 20 heavy (non-hydrogen) atoms. The van der Waals surface area contributed by atoms with Gasteiger partial charge in [-0.15, -0.1) is 0 Å². The number of anilines is 1. The molecule has 2 aromatic rings. The molecule has 0 aromatic carbocycles. The Balaban J connectivity index is 2.17. The number of hydrogen-bond acceptors (Lipinski definition) is 4. The number of carbonyl (C=O) groups is 1. The van der Waals surface area contributed by atoms with Gasteiger partial charge in [-0.1, -0.05) is 11.6 Å². The quantitative estimate of drug-likeness (QED) is 0.852. The fraction of sp³-hybridized carbons (Fsp3) is 0.286. The number of furan rings is 1. The Bertz CT molecular complexity index is 632. The Hall–Kier alpha value is -2.01. The number of rotatable bonds is 3. The maximum absolute atomic E-state index is 12.2. The first kappa shape index (κ1) is 14.4. The second kappa shape index (κ2) is 5.54. The van der Waals surface area contributed by atoms with Gasteiger partial charge in [-0.2, -0.15) is 0 Å². The van der Waals surface area contributed by atoms with Gasteiger partial charge < -0.3 is 15.5 Å². The molecule has 0 spiro atoms. The van der Waals surface area contributed by atoms with Crippen molar-refractivity contribution in [3.63, 3.8) is 0 Å². The predicted octanol–water partition coefficient (Wildman–Crippen LogP) is 3.02. The molecule has 5 nitrogen and oxygen atoms in total. The maximum Gasteiger partial charge on any atom is 0.251 e. The van der Waals surface area contributed by atoms with Crippen LogP contribution in [0, 0.1) is 13.8 Å². The van der Waals surface area contributed by atoms with Crippen LogP contribution in [0.1, 0.15) is 40.4 Å². The lowest BCUT2D eigenvalue weighted by atomic mass is 10.1. The number of aromatic nitrogens is 1. The number of carbonyl (C=O) groups excluding carboxylic acids is 1. The molecule has 2 heterocycles. The summed E-state index contributed by atoms with van der Waals surface area (Å²) in [5, 5.41) is 3.07.